The third-order valence-electron chi connectivity index (χ3n) is 7.04. The summed E-state index contributed by atoms with van der Waals surface area (Å²) in [4.78, 5) is 70.8. The minimum Gasteiger partial charge on any atom is -0.548 e. The molecule has 0 heterocycles. The number of hydrogen-bond donors (Lipinski definition) is 14. The third-order valence-corrected chi connectivity index (χ3v) is 7.04. The Bertz CT molecular complexity index is 1040. The molecular formula is C30H60MnN14O8. The number of nitrogens with two attached hydrogens (primary N) is 4. The van der Waals surface area contributed by atoms with Crippen molar-refractivity contribution in [3.05, 3.63) is 0 Å². The largest absolute Gasteiger partial charge is 2.00 e. The Morgan fingerprint density at radius 2 is 0.868 bits per heavy atom. The van der Waals surface area contributed by atoms with Crippen molar-refractivity contribution in [2.45, 2.75) is 88.4 Å². The number of hydrogen-bond acceptors (Lipinski definition) is 14. The van der Waals surface area contributed by atoms with Crippen LogP contribution in [0.2, 0.25) is 0 Å². The first-order chi connectivity index (χ1) is 24.6. The van der Waals surface area contributed by atoms with Crippen LogP contribution in [0.1, 0.15) is 64.2 Å². The fraction of sp³-hybridized carbons (Fsp3) is 0.733. The number of unbranched alkanes of at least 4 members (excludes halogenated alkanes) is 2. The molecule has 0 aliphatic heterocycles. The van der Waals surface area contributed by atoms with E-state index in [1.807, 2.05) is 0 Å². The van der Waals surface area contributed by atoms with Crippen LogP contribution in [0.3, 0.4) is 0 Å². The molecule has 0 aromatic heterocycles. The predicted molar refractivity (Wildman–Crippen MR) is 190 cm³/mol. The van der Waals surface area contributed by atoms with Gasteiger partial charge in [-0.3, -0.25) is 30.0 Å². The van der Waals surface area contributed by atoms with Crippen molar-refractivity contribution in [2.24, 2.45) is 22.9 Å². The second kappa shape index (κ2) is 33.5. The second-order valence-electron chi connectivity index (χ2n) is 11.6. The maximum Gasteiger partial charge on any atom is 2.00 e. The van der Waals surface area contributed by atoms with Crippen LogP contribution in [0.25, 0.3) is 0 Å². The number of nitrogens with one attached hydrogen (secondary N) is 10. The van der Waals surface area contributed by atoms with Gasteiger partial charge in [0.1, 0.15) is 12.1 Å². The number of carbonyl (C=O) groups excluding carboxylic acids is 6. The number of carboxylic acid groups (broad SMARTS) is 2. The summed E-state index contributed by atoms with van der Waals surface area (Å²) >= 11 is 0. The molecule has 1 radical (unpaired) electrons. The third kappa shape index (κ3) is 29.9. The molecular weight excluding hydrogens is 739 g/mol. The summed E-state index contributed by atoms with van der Waals surface area (Å²) in [5, 5.41) is 57.1. The van der Waals surface area contributed by atoms with Crippen LogP contribution < -0.4 is 75.7 Å². The smallest absolute Gasteiger partial charge is 0.548 e. The van der Waals surface area contributed by atoms with Crippen LogP contribution >= 0.6 is 0 Å². The van der Waals surface area contributed by atoms with Gasteiger partial charge in [0.05, 0.1) is 37.1 Å². The van der Waals surface area contributed by atoms with Gasteiger partial charge in [-0.15, -0.1) is 0 Å². The van der Waals surface area contributed by atoms with Gasteiger partial charge in [0.25, 0.3) is 0 Å². The van der Waals surface area contributed by atoms with Crippen LogP contribution in [0.5, 0.6) is 0 Å². The number of rotatable bonds is 28. The van der Waals surface area contributed by atoms with Gasteiger partial charge in [-0.05, 0) is 91.4 Å². The molecule has 53 heavy (non-hydrogen) atoms. The van der Waals surface area contributed by atoms with E-state index >= 15 is 0 Å². The van der Waals surface area contributed by atoms with E-state index in [9.17, 15) is 39.0 Å². The van der Waals surface area contributed by atoms with Crippen molar-refractivity contribution in [1.29, 1.82) is 10.8 Å². The minimum absolute atomic E-state index is 0. The fourth-order valence-electron chi connectivity index (χ4n) is 4.44. The van der Waals surface area contributed by atoms with Crippen LogP contribution in [-0.4, -0.2) is 125 Å². The number of aliphatic carboxylic acids is 2. The maximum atomic E-state index is 12.4. The molecule has 0 rings (SSSR count). The zero-order chi connectivity index (χ0) is 39.9. The molecule has 0 unspecified atom stereocenters. The molecule has 0 saturated carbocycles. The molecule has 4 atom stereocenters. The summed E-state index contributed by atoms with van der Waals surface area (Å²) in [6.07, 6.45) is 4.15. The van der Waals surface area contributed by atoms with Gasteiger partial charge >= 0.3 is 17.1 Å². The molecule has 305 valence electrons. The SMILES string of the molecule is CNCC(=O)N[C@@H](CCCNC(=N)N)C(=O)N[C@@H](CCCCN)C(=O)[O-].CNCC(=O)N[C@@H](CCCNC(=N)N)C(=O)N[C@@H](CCCCN)C(=O)[O-].[Mn+2]. The molecule has 0 aromatic carbocycles. The predicted octanol–water partition coefficient (Wildman–Crippen LogP) is -7.37. The van der Waals surface area contributed by atoms with Gasteiger partial charge in [0.15, 0.2) is 11.9 Å². The van der Waals surface area contributed by atoms with Crippen molar-refractivity contribution >= 4 is 47.5 Å². The average molecular weight is 800 g/mol. The minimum atomic E-state index is -1.38. The summed E-state index contributed by atoms with van der Waals surface area (Å²) in [7, 11) is 3.18. The van der Waals surface area contributed by atoms with Crippen LogP contribution in [0.4, 0.5) is 0 Å². The standard InChI is InChI=1S/2C15H31N7O4.Mn/c2*1-19-9-12(23)21-10(6-4-8-20-15(17)18)13(24)22-11(14(25)26)5-2-3-7-16;/h2*10-11,19H,2-9,16H2,1H3,(H,21,23)(H,22,24)(H,25,26)(H4,17,18,20);/q;;+2/p-2/t2*10-,11-;/m00./s1. The Hall–Kier alpha value is -4.28. The van der Waals surface area contributed by atoms with Crippen molar-refractivity contribution in [3.8, 4) is 0 Å². The van der Waals surface area contributed by atoms with Crippen molar-refractivity contribution in [3.63, 3.8) is 0 Å². The quantitative estimate of drug-likeness (QED) is 0.0151. The monoisotopic (exact) mass is 799 g/mol. The van der Waals surface area contributed by atoms with Gasteiger partial charge in [-0.1, -0.05) is 0 Å². The van der Waals surface area contributed by atoms with Crippen LogP contribution in [-0.2, 0) is 45.8 Å². The molecule has 18 N–H and O–H groups in total. The van der Waals surface area contributed by atoms with Gasteiger partial charge in [-0.25, -0.2) is 0 Å². The van der Waals surface area contributed by atoms with E-state index in [2.05, 4.69) is 42.5 Å². The number of amides is 4. The summed E-state index contributed by atoms with van der Waals surface area (Å²) in [6.45, 7) is 1.60. The zero-order valence-corrected chi connectivity index (χ0v) is 31.8. The van der Waals surface area contributed by atoms with E-state index in [0.717, 1.165) is 0 Å². The molecule has 0 spiro atoms. The molecule has 0 bridgehead atoms. The second-order valence-corrected chi connectivity index (χ2v) is 11.6. The first kappa shape index (κ1) is 53.1. The number of likely N-dealkylation sites (N-methyl/N-ethyl adjacent to an activating group) is 2. The summed E-state index contributed by atoms with van der Waals surface area (Å²) in [5.74, 6) is -5.12. The average Bonchev–Trinajstić information content (AvgIpc) is 3.06. The first-order valence-corrected chi connectivity index (χ1v) is 17.1. The van der Waals surface area contributed by atoms with Crippen LogP contribution in [0.15, 0.2) is 0 Å². The number of guanidine groups is 2. The molecule has 4 amide bonds. The number of carbonyl (C=O) groups is 6. The van der Waals surface area contributed by atoms with Crippen LogP contribution in [0, 0.1) is 10.8 Å². The Morgan fingerprint density at radius 3 is 1.13 bits per heavy atom. The molecule has 0 aliphatic carbocycles. The van der Waals surface area contributed by atoms with Gasteiger partial charge in [-0.2, -0.15) is 0 Å². The van der Waals surface area contributed by atoms with E-state index < -0.39 is 47.9 Å². The summed E-state index contributed by atoms with van der Waals surface area (Å²) < 4.78 is 0. The van der Waals surface area contributed by atoms with Gasteiger partial charge < -0.3 is 85.3 Å². The van der Waals surface area contributed by atoms with E-state index in [-0.39, 0.29) is 79.6 Å². The topological polar surface area (TPSA) is 397 Å². The van der Waals surface area contributed by atoms with E-state index in [0.29, 0.717) is 64.7 Å². The van der Waals surface area contributed by atoms with Gasteiger partial charge in [0, 0.05) is 13.1 Å². The Kier molecular flexibility index (Phi) is 33.6. The molecule has 0 saturated heterocycles. The Labute approximate surface area is 321 Å². The number of carboxylic acids is 2. The summed E-state index contributed by atoms with van der Waals surface area (Å²) in [6, 6.07) is -4.09. The van der Waals surface area contributed by atoms with E-state index in [1.54, 1.807) is 14.1 Å². The molecule has 0 aromatic rings. The van der Waals surface area contributed by atoms with E-state index in [4.69, 9.17) is 33.8 Å². The maximum absolute atomic E-state index is 12.4. The molecule has 22 nitrogen and oxygen atoms in total. The van der Waals surface area contributed by atoms with Gasteiger partial charge in [0.2, 0.25) is 23.6 Å². The van der Waals surface area contributed by atoms with Crippen molar-refractivity contribution < 1.29 is 56.0 Å². The normalized spacial score (nSPS) is 12.5. The Balaban J connectivity index is -0.000000926. The van der Waals surface area contributed by atoms with E-state index in [1.165, 1.54) is 0 Å². The zero-order valence-electron chi connectivity index (χ0n) is 30.6. The molecule has 0 aliphatic rings. The first-order valence-electron chi connectivity index (χ1n) is 17.1. The molecule has 0 fully saturated rings. The van der Waals surface area contributed by atoms with Crippen molar-refractivity contribution in [2.75, 3.05) is 53.4 Å². The molecule has 23 heteroatoms. The summed E-state index contributed by atoms with van der Waals surface area (Å²) in [5.41, 5.74) is 21.1. The van der Waals surface area contributed by atoms with Crippen molar-refractivity contribution in [1.82, 2.24) is 42.5 Å². The fourth-order valence-corrected chi connectivity index (χ4v) is 4.44. The Morgan fingerprint density at radius 1 is 0.547 bits per heavy atom.